The molecule has 0 bridgehead atoms. The van der Waals surface area contributed by atoms with Gasteiger partial charge in [0.15, 0.2) is 5.11 Å². The Morgan fingerprint density at radius 3 is 2.50 bits per heavy atom. The minimum absolute atomic E-state index is 0.227. The number of nitrogens with zero attached hydrogens (tertiary/aromatic N) is 3. The van der Waals surface area contributed by atoms with E-state index >= 15 is 0 Å². The number of esters is 1. The smallest absolute Gasteiger partial charge is 0.339 e. The summed E-state index contributed by atoms with van der Waals surface area (Å²) in [7, 11) is 2.98. The first-order valence-corrected chi connectivity index (χ1v) is 12.8. The highest BCUT2D eigenvalue weighted by Crippen LogP contribution is 2.45. The third kappa shape index (κ3) is 4.40. The van der Waals surface area contributed by atoms with E-state index in [-0.39, 0.29) is 18.1 Å². The number of halogens is 1. The summed E-state index contributed by atoms with van der Waals surface area (Å²) >= 11 is 12.4. The third-order valence-electron chi connectivity index (χ3n) is 6.85. The molecule has 2 aromatic heterocycles. The maximum Gasteiger partial charge on any atom is 0.339 e. The van der Waals surface area contributed by atoms with Crippen molar-refractivity contribution in [3.63, 3.8) is 0 Å². The van der Waals surface area contributed by atoms with Crippen LogP contribution in [-0.2, 0) is 4.74 Å². The minimum atomic E-state index is -0.390. The lowest BCUT2D eigenvalue weighted by Crippen LogP contribution is -2.29. The van der Waals surface area contributed by atoms with Gasteiger partial charge in [0.25, 0.3) is 0 Å². The highest BCUT2D eigenvalue weighted by atomic mass is 35.5. The molecule has 3 heterocycles. The van der Waals surface area contributed by atoms with Gasteiger partial charge in [0, 0.05) is 23.3 Å². The first-order valence-electron chi connectivity index (χ1n) is 12.1. The second-order valence-electron chi connectivity index (χ2n) is 8.99. The Kier molecular flexibility index (Phi) is 7.10. The van der Waals surface area contributed by atoms with Gasteiger partial charge in [-0.25, -0.2) is 4.79 Å². The number of carbonyl (C=O) groups excluding carboxylic acids is 1. The second kappa shape index (κ2) is 10.5. The Hall–Kier alpha value is -3.88. The molecule has 1 aliphatic rings. The van der Waals surface area contributed by atoms with Crippen LogP contribution in [0.5, 0.6) is 5.75 Å². The monoisotopic (exact) mass is 546 g/mol. The summed E-state index contributed by atoms with van der Waals surface area (Å²) in [6.45, 7) is 4.07. The molecule has 1 saturated heterocycles. The van der Waals surface area contributed by atoms with Crippen molar-refractivity contribution in [1.29, 1.82) is 0 Å². The summed E-state index contributed by atoms with van der Waals surface area (Å²) in [5.74, 6) is 0.197. The average molecular weight is 547 g/mol. The predicted molar refractivity (Wildman–Crippen MR) is 153 cm³/mol. The van der Waals surface area contributed by atoms with Gasteiger partial charge in [-0.3, -0.25) is 4.98 Å². The van der Waals surface area contributed by atoms with Crippen LogP contribution in [0, 0.1) is 13.8 Å². The summed E-state index contributed by atoms with van der Waals surface area (Å²) in [4.78, 5) is 19.3. The van der Waals surface area contributed by atoms with Crippen molar-refractivity contribution in [3.8, 4) is 11.4 Å². The second-order valence-corrected chi connectivity index (χ2v) is 9.78. The number of pyridine rings is 1. The van der Waals surface area contributed by atoms with Gasteiger partial charge in [0.2, 0.25) is 0 Å². The molecule has 2 atom stereocenters. The van der Waals surface area contributed by atoms with Crippen LogP contribution in [0.2, 0.25) is 5.02 Å². The Morgan fingerprint density at radius 1 is 1.05 bits per heavy atom. The number of aryl methyl sites for hydroxylation is 1. The van der Waals surface area contributed by atoms with E-state index in [0.29, 0.717) is 21.4 Å². The standard InChI is InChI=1S/C29H27ClN4O3S/c1-17-15-21(18(2)33(17)24-11-6-5-9-20(24)28(35)37-4)27-26(23-10-7-8-14-31-23)32-29(38)34(27)19-12-13-25(36-3)22(30)16-19/h5-16,26-27H,1-4H3,(H,32,38)/t26-,27-/m0/s1. The topological polar surface area (TPSA) is 68.6 Å². The van der Waals surface area contributed by atoms with Crippen molar-refractivity contribution < 1.29 is 14.3 Å². The van der Waals surface area contributed by atoms with Crippen molar-refractivity contribution in [2.75, 3.05) is 19.1 Å². The zero-order valence-electron chi connectivity index (χ0n) is 21.4. The van der Waals surface area contributed by atoms with Crippen molar-refractivity contribution in [1.82, 2.24) is 14.9 Å². The summed E-state index contributed by atoms with van der Waals surface area (Å²) in [6.07, 6.45) is 1.78. The first kappa shape index (κ1) is 25.8. The van der Waals surface area contributed by atoms with Crippen LogP contribution in [0.4, 0.5) is 5.69 Å². The van der Waals surface area contributed by atoms with Gasteiger partial charge in [-0.1, -0.05) is 29.8 Å². The normalized spacial score (nSPS) is 16.9. The number of ether oxygens (including phenoxy) is 2. The lowest BCUT2D eigenvalue weighted by molar-refractivity contribution is 0.0600. The predicted octanol–water partition coefficient (Wildman–Crippen LogP) is 6.11. The van der Waals surface area contributed by atoms with E-state index in [4.69, 9.17) is 33.3 Å². The molecule has 0 spiro atoms. The number of para-hydroxylation sites is 1. The average Bonchev–Trinajstić information content (AvgIpc) is 3.43. The van der Waals surface area contributed by atoms with Gasteiger partial charge >= 0.3 is 5.97 Å². The molecule has 38 heavy (non-hydrogen) atoms. The molecule has 0 amide bonds. The van der Waals surface area contributed by atoms with E-state index in [9.17, 15) is 4.79 Å². The van der Waals surface area contributed by atoms with Crippen LogP contribution in [0.1, 0.15) is 45.1 Å². The number of thiocarbonyl (C=S) groups is 1. The molecular weight excluding hydrogens is 520 g/mol. The molecule has 0 saturated carbocycles. The first-order chi connectivity index (χ1) is 18.3. The zero-order valence-corrected chi connectivity index (χ0v) is 23.0. The summed E-state index contributed by atoms with van der Waals surface area (Å²) in [5.41, 5.74) is 5.92. The highest BCUT2D eigenvalue weighted by molar-refractivity contribution is 7.80. The quantitative estimate of drug-likeness (QED) is 0.231. The van der Waals surface area contributed by atoms with Gasteiger partial charge in [-0.15, -0.1) is 0 Å². The summed E-state index contributed by atoms with van der Waals surface area (Å²) in [5, 5.41) is 4.54. The largest absolute Gasteiger partial charge is 0.495 e. The van der Waals surface area contributed by atoms with Gasteiger partial charge in [0.05, 0.1) is 48.3 Å². The van der Waals surface area contributed by atoms with E-state index < -0.39 is 0 Å². The van der Waals surface area contributed by atoms with Crippen LogP contribution in [0.25, 0.3) is 5.69 Å². The molecule has 194 valence electrons. The van der Waals surface area contributed by atoms with Crippen LogP contribution >= 0.6 is 23.8 Å². The van der Waals surface area contributed by atoms with E-state index in [2.05, 4.69) is 25.8 Å². The number of benzene rings is 2. The van der Waals surface area contributed by atoms with Crippen molar-refractivity contribution >= 4 is 40.6 Å². The van der Waals surface area contributed by atoms with Crippen LogP contribution < -0.4 is 15.0 Å². The minimum Gasteiger partial charge on any atom is -0.495 e. The molecule has 2 aromatic carbocycles. The Morgan fingerprint density at radius 2 is 1.82 bits per heavy atom. The molecule has 0 radical (unpaired) electrons. The maximum atomic E-state index is 12.6. The Labute approximate surface area is 232 Å². The lowest BCUT2D eigenvalue weighted by atomic mass is 9.96. The summed E-state index contributed by atoms with van der Waals surface area (Å²) in [6, 6.07) is 20.6. The number of nitrogens with one attached hydrogen (secondary N) is 1. The van der Waals surface area contributed by atoms with Crippen molar-refractivity contribution in [2.45, 2.75) is 25.9 Å². The number of aromatic nitrogens is 2. The molecule has 4 aromatic rings. The SMILES string of the molecule is COC(=O)c1ccccc1-n1c(C)cc([C@H]2[C@H](c3ccccn3)NC(=S)N2c2ccc(OC)c(Cl)c2)c1C. The molecule has 5 rings (SSSR count). The number of carbonyl (C=O) groups is 1. The van der Waals surface area contributed by atoms with Gasteiger partial charge in [-0.05, 0) is 80.2 Å². The van der Waals surface area contributed by atoms with Crippen molar-refractivity contribution in [2.24, 2.45) is 0 Å². The van der Waals surface area contributed by atoms with Gasteiger partial charge in [0.1, 0.15) is 5.75 Å². The van der Waals surface area contributed by atoms with Gasteiger partial charge in [-0.2, -0.15) is 0 Å². The van der Waals surface area contributed by atoms with Gasteiger partial charge < -0.3 is 24.3 Å². The zero-order chi connectivity index (χ0) is 27.0. The molecule has 0 aliphatic carbocycles. The van der Waals surface area contributed by atoms with Crippen molar-refractivity contribution in [3.05, 3.63) is 106 Å². The molecule has 7 nitrogen and oxygen atoms in total. The molecule has 0 unspecified atom stereocenters. The number of methoxy groups -OCH3 is 2. The van der Waals surface area contributed by atoms with Crippen LogP contribution in [0.15, 0.2) is 72.9 Å². The Bertz CT molecular complexity index is 1520. The van der Waals surface area contributed by atoms with E-state index in [1.807, 2.05) is 68.4 Å². The maximum absolute atomic E-state index is 12.6. The number of anilines is 1. The van der Waals surface area contributed by atoms with Crippen LogP contribution in [-0.4, -0.2) is 34.9 Å². The number of hydrogen-bond donors (Lipinski definition) is 1. The molecule has 1 aliphatic heterocycles. The van der Waals surface area contributed by atoms with E-state index in [1.165, 1.54) is 7.11 Å². The molecular formula is C29H27ClN4O3S. The highest BCUT2D eigenvalue weighted by Gasteiger charge is 2.42. The molecule has 1 N–H and O–H groups in total. The molecule has 9 heteroatoms. The Balaban J connectivity index is 1.70. The number of rotatable bonds is 6. The fourth-order valence-electron chi connectivity index (χ4n) is 5.16. The number of hydrogen-bond acceptors (Lipinski definition) is 5. The third-order valence-corrected chi connectivity index (χ3v) is 7.46. The molecule has 1 fully saturated rings. The fraction of sp³-hybridized carbons (Fsp3) is 0.207. The fourth-order valence-corrected chi connectivity index (χ4v) is 5.76. The van der Waals surface area contributed by atoms with Crippen LogP contribution in [0.3, 0.4) is 0 Å². The van der Waals surface area contributed by atoms with E-state index in [1.54, 1.807) is 19.4 Å². The lowest BCUT2D eigenvalue weighted by Gasteiger charge is -2.28. The van der Waals surface area contributed by atoms with E-state index in [0.717, 1.165) is 34.0 Å². The summed E-state index contributed by atoms with van der Waals surface area (Å²) < 4.78 is 12.5.